The van der Waals surface area contributed by atoms with Gasteiger partial charge in [-0.15, -0.1) is 11.3 Å². The average Bonchev–Trinajstić information content (AvgIpc) is 2.98. The first kappa shape index (κ1) is 17.1. The van der Waals surface area contributed by atoms with Crippen LogP contribution in [0.1, 0.15) is 36.9 Å². The predicted octanol–water partition coefficient (Wildman–Crippen LogP) is 4.08. The van der Waals surface area contributed by atoms with E-state index in [1.807, 2.05) is 43.5 Å². The Bertz CT molecular complexity index is 599. The molecule has 1 heterocycles. The lowest BCUT2D eigenvalue weighted by Gasteiger charge is -2.23. The van der Waals surface area contributed by atoms with Crippen molar-refractivity contribution in [3.8, 4) is 0 Å². The standard InChI is InChI=1S/C16H19BrN2O2S/c1-10(2)9-13(16(20)21)19-14(15-18-7-8-22-15)11-3-5-12(17)6-4-11/h3-8,10,13-14,19H,9H2,1-2H3,(H,20,21)/t13-,14?/m0/s1. The van der Waals surface area contributed by atoms with Gasteiger partial charge in [-0.1, -0.05) is 41.9 Å². The molecule has 0 fully saturated rings. The van der Waals surface area contributed by atoms with Crippen molar-refractivity contribution in [3.63, 3.8) is 0 Å². The Morgan fingerprint density at radius 1 is 1.36 bits per heavy atom. The first-order chi connectivity index (χ1) is 10.5. The number of aromatic nitrogens is 1. The molecule has 118 valence electrons. The molecule has 0 saturated carbocycles. The molecule has 4 nitrogen and oxygen atoms in total. The largest absolute Gasteiger partial charge is 0.480 e. The third-order valence-electron chi connectivity index (χ3n) is 3.27. The summed E-state index contributed by atoms with van der Waals surface area (Å²) in [4.78, 5) is 15.9. The number of benzene rings is 1. The van der Waals surface area contributed by atoms with Crippen LogP contribution in [0, 0.1) is 5.92 Å². The summed E-state index contributed by atoms with van der Waals surface area (Å²) in [6.45, 7) is 4.05. The van der Waals surface area contributed by atoms with Crippen molar-refractivity contribution in [2.45, 2.75) is 32.4 Å². The molecule has 0 saturated heterocycles. The smallest absolute Gasteiger partial charge is 0.320 e. The number of rotatable bonds is 7. The fourth-order valence-corrected chi connectivity index (χ4v) is 3.24. The van der Waals surface area contributed by atoms with Crippen molar-refractivity contribution in [2.24, 2.45) is 5.92 Å². The highest BCUT2D eigenvalue weighted by Gasteiger charge is 2.25. The van der Waals surface area contributed by atoms with Crippen LogP contribution in [0.3, 0.4) is 0 Å². The van der Waals surface area contributed by atoms with Crippen LogP contribution < -0.4 is 5.32 Å². The van der Waals surface area contributed by atoms with Gasteiger partial charge >= 0.3 is 5.97 Å². The number of thiazole rings is 1. The van der Waals surface area contributed by atoms with Crippen molar-refractivity contribution < 1.29 is 9.90 Å². The maximum Gasteiger partial charge on any atom is 0.320 e. The van der Waals surface area contributed by atoms with Gasteiger partial charge in [-0.05, 0) is 30.0 Å². The van der Waals surface area contributed by atoms with Gasteiger partial charge in [-0.2, -0.15) is 0 Å². The van der Waals surface area contributed by atoms with Crippen LogP contribution in [0.15, 0.2) is 40.3 Å². The zero-order valence-corrected chi connectivity index (χ0v) is 14.9. The molecule has 0 aliphatic heterocycles. The summed E-state index contributed by atoms with van der Waals surface area (Å²) < 4.78 is 0.992. The van der Waals surface area contributed by atoms with Gasteiger partial charge in [-0.25, -0.2) is 4.98 Å². The topological polar surface area (TPSA) is 62.2 Å². The van der Waals surface area contributed by atoms with E-state index in [0.29, 0.717) is 12.3 Å². The molecule has 2 atom stereocenters. The van der Waals surface area contributed by atoms with Gasteiger partial charge in [0.05, 0.1) is 6.04 Å². The second-order valence-electron chi connectivity index (χ2n) is 5.54. The summed E-state index contributed by atoms with van der Waals surface area (Å²) in [5, 5.41) is 15.5. The zero-order chi connectivity index (χ0) is 16.1. The Balaban J connectivity index is 2.28. The molecule has 22 heavy (non-hydrogen) atoms. The van der Waals surface area contributed by atoms with Crippen LogP contribution in [0.4, 0.5) is 0 Å². The van der Waals surface area contributed by atoms with E-state index < -0.39 is 12.0 Å². The molecule has 0 radical (unpaired) electrons. The number of aliphatic carboxylic acids is 1. The first-order valence-corrected chi connectivity index (χ1v) is 8.78. The van der Waals surface area contributed by atoms with Gasteiger partial charge < -0.3 is 5.11 Å². The minimum Gasteiger partial charge on any atom is -0.480 e. The normalized spacial score (nSPS) is 14.0. The van der Waals surface area contributed by atoms with Gasteiger partial charge in [-0.3, -0.25) is 10.1 Å². The van der Waals surface area contributed by atoms with E-state index in [1.54, 1.807) is 6.20 Å². The fourth-order valence-electron chi connectivity index (χ4n) is 2.26. The number of nitrogens with one attached hydrogen (secondary N) is 1. The maximum absolute atomic E-state index is 11.5. The highest BCUT2D eigenvalue weighted by Crippen LogP contribution is 2.26. The van der Waals surface area contributed by atoms with Crippen molar-refractivity contribution in [1.29, 1.82) is 0 Å². The lowest BCUT2D eigenvalue weighted by atomic mass is 10.0. The predicted molar refractivity (Wildman–Crippen MR) is 92.1 cm³/mol. The van der Waals surface area contributed by atoms with Gasteiger partial charge in [0.1, 0.15) is 11.0 Å². The Morgan fingerprint density at radius 3 is 2.55 bits per heavy atom. The SMILES string of the molecule is CC(C)C[C@H](NC(c1ccc(Br)cc1)c1nccs1)C(=O)O. The lowest BCUT2D eigenvalue weighted by molar-refractivity contribution is -0.140. The van der Waals surface area contributed by atoms with Crippen LogP contribution in [-0.2, 0) is 4.79 Å². The molecular formula is C16H19BrN2O2S. The summed E-state index contributed by atoms with van der Waals surface area (Å²) in [6.07, 6.45) is 2.32. The number of carboxylic acid groups (broad SMARTS) is 1. The highest BCUT2D eigenvalue weighted by atomic mass is 79.9. The summed E-state index contributed by atoms with van der Waals surface area (Å²) >= 11 is 4.95. The van der Waals surface area contributed by atoms with Crippen molar-refractivity contribution in [1.82, 2.24) is 10.3 Å². The van der Waals surface area contributed by atoms with E-state index in [-0.39, 0.29) is 6.04 Å². The third-order valence-corrected chi connectivity index (χ3v) is 4.64. The molecule has 1 aromatic carbocycles. The minimum absolute atomic E-state index is 0.215. The van der Waals surface area contributed by atoms with Crippen LogP contribution in [0.5, 0.6) is 0 Å². The van der Waals surface area contributed by atoms with Crippen molar-refractivity contribution >= 4 is 33.2 Å². The summed E-state index contributed by atoms with van der Waals surface area (Å²) in [5.74, 6) is -0.525. The lowest BCUT2D eigenvalue weighted by Crippen LogP contribution is -2.40. The molecule has 2 N–H and O–H groups in total. The molecule has 0 aliphatic carbocycles. The van der Waals surface area contributed by atoms with Crippen LogP contribution in [-0.4, -0.2) is 22.1 Å². The number of hydrogen-bond acceptors (Lipinski definition) is 4. The Labute approximate surface area is 142 Å². The minimum atomic E-state index is -0.827. The number of carboxylic acids is 1. The molecule has 2 rings (SSSR count). The first-order valence-electron chi connectivity index (χ1n) is 7.11. The molecule has 0 amide bonds. The van der Waals surface area contributed by atoms with E-state index >= 15 is 0 Å². The zero-order valence-electron chi connectivity index (χ0n) is 12.5. The van der Waals surface area contributed by atoms with E-state index in [1.165, 1.54) is 11.3 Å². The number of hydrogen-bond donors (Lipinski definition) is 2. The maximum atomic E-state index is 11.5. The highest BCUT2D eigenvalue weighted by molar-refractivity contribution is 9.10. The Hall–Kier alpha value is -1.24. The third kappa shape index (κ3) is 4.63. The van der Waals surface area contributed by atoms with Gasteiger partial charge in [0.25, 0.3) is 0 Å². The molecule has 0 spiro atoms. The molecule has 2 aromatic rings. The van der Waals surface area contributed by atoms with Crippen LogP contribution in [0.25, 0.3) is 0 Å². The Morgan fingerprint density at radius 2 is 2.05 bits per heavy atom. The summed E-state index contributed by atoms with van der Waals surface area (Å²) in [5.41, 5.74) is 1.01. The van der Waals surface area contributed by atoms with Crippen LogP contribution in [0.2, 0.25) is 0 Å². The molecule has 1 aromatic heterocycles. The molecule has 1 unspecified atom stereocenters. The van der Waals surface area contributed by atoms with E-state index in [2.05, 4.69) is 26.2 Å². The average molecular weight is 383 g/mol. The van der Waals surface area contributed by atoms with E-state index in [0.717, 1.165) is 15.0 Å². The molecule has 0 bridgehead atoms. The number of nitrogens with zero attached hydrogens (tertiary/aromatic N) is 1. The van der Waals surface area contributed by atoms with Gasteiger partial charge in [0, 0.05) is 16.0 Å². The summed E-state index contributed by atoms with van der Waals surface area (Å²) in [7, 11) is 0. The number of carbonyl (C=O) groups is 1. The van der Waals surface area contributed by atoms with Gasteiger partial charge in [0.15, 0.2) is 0 Å². The second-order valence-corrected chi connectivity index (χ2v) is 7.38. The fraction of sp³-hybridized carbons (Fsp3) is 0.375. The van der Waals surface area contributed by atoms with E-state index in [9.17, 15) is 9.90 Å². The quantitative estimate of drug-likeness (QED) is 0.756. The van der Waals surface area contributed by atoms with Crippen LogP contribution >= 0.6 is 27.3 Å². The molecule has 6 heteroatoms. The Kier molecular flexibility index (Phi) is 6.11. The monoisotopic (exact) mass is 382 g/mol. The van der Waals surface area contributed by atoms with E-state index in [4.69, 9.17) is 0 Å². The van der Waals surface area contributed by atoms with Gasteiger partial charge in [0.2, 0.25) is 0 Å². The molecular weight excluding hydrogens is 364 g/mol. The van der Waals surface area contributed by atoms with Crippen molar-refractivity contribution in [3.05, 3.63) is 50.9 Å². The number of halogens is 1. The van der Waals surface area contributed by atoms with Crippen molar-refractivity contribution in [2.75, 3.05) is 0 Å². The molecule has 0 aliphatic rings. The summed E-state index contributed by atoms with van der Waals surface area (Å²) in [6, 6.07) is 7.06. The second kappa shape index (κ2) is 7.85.